The second-order valence-electron chi connectivity index (χ2n) is 4.32. The number of benzene rings is 1. The van der Waals surface area contributed by atoms with E-state index in [1.165, 1.54) is 12.1 Å². The van der Waals surface area contributed by atoms with Crippen molar-refractivity contribution >= 4 is 23.1 Å². The maximum absolute atomic E-state index is 12.3. The number of nitrogens with one attached hydrogen (secondary N) is 1. The minimum Gasteiger partial charge on any atom is -0.435 e. The lowest BCUT2D eigenvalue weighted by Gasteiger charge is -2.08. The third-order valence-corrected chi connectivity index (χ3v) is 2.95. The molecule has 0 bridgehead atoms. The molecule has 2 aromatic heterocycles. The van der Waals surface area contributed by atoms with Gasteiger partial charge in [0.1, 0.15) is 11.6 Å². The number of rotatable bonds is 5. The van der Waals surface area contributed by atoms with Crippen molar-refractivity contribution in [1.82, 2.24) is 14.8 Å². The van der Waals surface area contributed by atoms with Crippen LogP contribution >= 0.6 is 0 Å². The molecule has 6 nitrogen and oxygen atoms in total. The molecular weight excluding hydrogens is 294 g/mol. The molecule has 0 fully saturated rings. The minimum atomic E-state index is -2.89. The first kappa shape index (κ1) is 13.9. The van der Waals surface area contributed by atoms with E-state index in [2.05, 4.69) is 20.1 Å². The molecule has 8 heteroatoms. The van der Waals surface area contributed by atoms with Gasteiger partial charge in [-0.3, -0.25) is 4.79 Å². The highest BCUT2D eigenvalue weighted by Crippen LogP contribution is 2.23. The summed E-state index contributed by atoms with van der Waals surface area (Å²) in [5, 5.41) is 7.40. The van der Waals surface area contributed by atoms with Gasteiger partial charge in [0.15, 0.2) is 0 Å². The van der Waals surface area contributed by atoms with E-state index in [-0.39, 0.29) is 5.75 Å². The third kappa shape index (κ3) is 2.71. The monoisotopic (exact) mass is 304 g/mol. The van der Waals surface area contributed by atoms with Crippen molar-refractivity contribution in [2.24, 2.45) is 0 Å². The van der Waals surface area contributed by atoms with Crippen LogP contribution in [-0.2, 0) is 4.79 Å². The van der Waals surface area contributed by atoms with Crippen molar-refractivity contribution < 1.29 is 18.3 Å². The molecule has 0 saturated heterocycles. The summed E-state index contributed by atoms with van der Waals surface area (Å²) in [4.78, 5) is 14.5. The van der Waals surface area contributed by atoms with E-state index in [1.54, 1.807) is 35.3 Å². The fourth-order valence-corrected chi connectivity index (χ4v) is 2.06. The number of halogens is 2. The molecule has 1 amide bonds. The number of nitrogens with zero attached hydrogens (tertiary/aromatic N) is 3. The van der Waals surface area contributed by atoms with Crippen LogP contribution in [0.4, 0.5) is 14.6 Å². The van der Waals surface area contributed by atoms with Crippen LogP contribution in [0, 0.1) is 0 Å². The highest BCUT2D eigenvalue weighted by Gasteiger charge is 2.09. The Morgan fingerprint density at radius 3 is 2.91 bits per heavy atom. The number of anilines is 1. The molecule has 0 aliphatic carbocycles. The number of alkyl halides is 2. The predicted molar refractivity (Wildman–Crippen MR) is 75.2 cm³/mol. The first-order chi connectivity index (χ1) is 10.7. The lowest BCUT2D eigenvalue weighted by Crippen LogP contribution is -2.03. The van der Waals surface area contributed by atoms with E-state index in [0.29, 0.717) is 23.4 Å². The second-order valence-corrected chi connectivity index (χ2v) is 4.32. The zero-order chi connectivity index (χ0) is 15.5. The lowest BCUT2D eigenvalue weighted by molar-refractivity contribution is -0.105. The van der Waals surface area contributed by atoms with Gasteiger partial charge in [0.25, 0.3) is 0 Å². The van der Waals surface area contributed by atoms with Crippen LogP contribution in [0.2, 0.25) is 0 Å². The summed E-state index contributed by atoms with van der Waals surface area (Å²) >= 11 is 0. The Hall–Kier alpha value is -3.03. The SMILES string of the molecule is O=CNc1cc2c(cn1)cnn2-c1cccc(OC(F)F)c1. The topological polar surface area (TPSA) is 69.0 Å². The molecule has 112 valence electrons. The third-order valence-electron chi connectivity index (χ3n) is 2.95. The molecule has 1 aromatic carbocycles. The van der Waals surface area contributed by atoms with Crippen LogP contribution in [0.5, 0.6) is 5.75 Å². The molecule has 2 heterocycles. The van der Waals surface area contributed by atoms with Gasteiger partial charge >= 0.3 is 6.61 Å². The molecule has 0 aliphatic rings. The summed E-state index contributed by atoms with van der Waals surface area (Å²) < 4.78 is 30.5. The fourth-order valence-electron chi connectivity index (χ4n) is 2.06. The van der Waals surface area contributed by atoms with Gasteiger partial charge in [-0.15, -0.1) is 0 Å². The average molecular weight is 304 g/mol. The van der Waals surface area contributed by atoms with Gasteiger partial charge in [-0.25, -0.2) is 9.67 Å². The Labute approximate surface area is 123 Å². The number of fused-ring (bicyclic) bond motifs is 1. The second kappa shape index (κ2) is 5.76. The Morgan fingerprint density at radius 1 is 1.27 bits per heavy atom. The van der Waals surface area contributed by atoms with Crippen LogP contribution < -0.4 is 10.1 Å². The van der Waals surface area contributed by atoms with Crippen molar-refractivity contribution in [2.45, 2.75) is 6.61 Å². The smallest absolute Gasteiger partial charge is 0.387 e. The highest BCUT2D eigenvalue weighted by molar-refractivity contribution is 5.83. The number of hydrogen-bond donors (Lipinski definition) is 1. The van der Waals surface area contributed by atoms with E-state index in [0.717, 1.165) is 5.39 Å². The maximum Gasteiger partial charge on any atom is 0.387 e. The molecule has 0 atom stereocenters. The van der Waals surface area contributed by atoms with Gasteiger partial charge in [0.2, 0.25) is 6.41 Å². The number of ether oxygens (including phenoxy) is 1. The number of aromatic nitrogens is 3. The number of pyridine rings is 1. The van der Waals surface area contributed by atoms with Crippen molar-refractivity contribution in [2.75, 3.05) is 5.32 Å². The number of carbonyl (C=O) groups is 1. The lowest BCUT2D eigenvalue weighted by atomic mass is 10.3. The van der Waals surface area contributed by atoms with E-state index in [4.69, 9.17) is 0 Å². The Kier molecular flexibility index (Phi) is 3.65. The molecule has 22 heavy (non-hydrogen) atoms. The van der Waals surface area contributed by atoms with Crippen molar-refractivity contribution in [3.63, 3.8) is 0 Å². The van der Waals surface area contributed by atoms with Gasteiger partial charge in [-0.1, -0.05) is 6.07 Å². The number of hydrogen-bond acceptors (Lipinski definition) is 4. The summed E-state index contributed by atoms with van der Waals surface area (Å²) in [6, 6.07) is 7.82. The van der Waals surface area contributed by atoms with Gasteiger partial charge < -0.3 is 10.1 Å². The van der Waals surface area contributed by atoms with Gasteiger partial charge in [-0.2, -0.15) is 13.9 Å². The molecule has 0 radical (unpaired) electrons. The van der Waals surface area contributed by atoms with Crippen molar-refractivity contribution in [1.29, 1.82) is 0 Å². The fraction of sp³-hybridized carbons (Fsp3) is 0.0714. The standard InChI is InChI=1S/C14H10F2N4O2/c15-14(16)22-11-3-1-2-10(4-11)20-12-5-13(18-8-21)17-6-9(12)7-19-20/h1-8,14H,(H,17,18,21). The zero-order valence-corrected chi connectivity index (χ0v) is 11.1. The van der Waals surface area contributed by atoms with E-state index >= 15 is 0 Å². The molecule has 3 aromatic rings. The van der Waals surface area contributed by atoms with Crippen molar-refractivity contribution in [3.8, 4) is 11.4 Å². The van der Waals surface area contributed by atoms with Crippen molar-refractivity contribution in [3.05, 3.63) is 42.7 Å². The summed E-state index contributed by atoms with van der Waals surface area (Å²) in [6.45, 7) is -2.89. The summed E-state index contributed by atoms with van der Waals surface area (Å²) in [6.07, 6.45) is 3.67. The van der Waals surface area contributed by atoms with Crippen LogP contribution in [0.15, 0.2) is 42.7 Å². The van der Waals surface area contributed by atoms with Crippen LogP contribution in [0.25, 0.3) is 16.6 Å². The Balaban J connectivity index is 2.05. The van der Waals surface area contributed by atoms with Gasteiger partial charge in [0.05, 0.1) is 17.4 Å². The predicted octanol–water partition coefficient (Wildman–Crippen LogP) is 2.59. The van der Waals surface area contributed by atoms with Crippen LogP contribution in [-0.4, -0.2) is 27.8 Å². The van der Waals surface area contributed by atoms with E-state index in [1.807, 2.05) is 0 Å². The van der Waals surface area contributed by atoms with Gasteiger partial charge in [0, 0.05) is 23.7 Å². The first-order valence-corrected chi connectivity index (χ1v) is 6.26. The molecule has 0 spiro atoms. The quantitative estimate of drug-likeness (QED) is 0.736. The number of amides is 1. The number of carbonyl (C=O) groups excluding carboxylic acids is 1. The normalized spacial score (nSPS) is 10.9. The Morgan fingerprint density at radius 2 is 2.14 bits per heavy atom. The zero-order valence-electron chi connectivity index (χ0n) is 11.1. The average Bonchev–Trinajstić information content (AvgIpc) is 2.90. The minimum absolute atomic E-state index is 0.0384. The maximum atomic E-state index is 12.3. The molecular formula is C14H10F2N4O2. The molecule has 0 unspecified atom stereocenters. The first-order valence-electron chi connectivity index (χ1n) is 6.26. The van der Waals surface area contributed by atoms with E-state index < -0.39 is 6.61 Å². The highest BCUT2D eigenvalue weighted by atomic mass is 19.3. The van der Waals surface area contributed by atoms with Gasteiger partial charge in [-0.05, 0) is 12.1 Å². The summed E-state index contributed by atoms with van der Waals surface area (Å²) in [5.74, 6) is 0.403. The molecule has 0 aliphatic heterocycles. The van der Waals surface area contributed by atoms with E-state index in [9.17, 15) is 13.6 Å². The summed E-state index contributed by atoms with van der Waals surface area (Å²) in [5.41, 5.74) is 1.23. The molecule has 0 saturated carbocycles. The molecule has 3 rings (SSSR count). The van der Waals surface area contributed by atoms with Crippen LogP contribution in [0.1, 0.15) is 0 Å². The summed E-state index contributed by atoms with van der Waals surface area (Å²) in [7, 11) is 0. The Bertz CT molecular complexity index is 819. The van der Waals surface area contributed by atoms with Crippen LogP contribution in [0.3, 0.4) is 0 Å². The molecule has 1 N–H and O–H groups in total. The largest absolute Gasteiger partial charge is 0.435 e.